The second kappa shape index (κ2) is 6.19. The summed E-state index contributed by atoms with van der Waals surface area (Å²) in [4.78, 5) is 22.0. The van der Waals surface area contributed by atoms with E-state index in [1.54, 1.807) is 11.9 Å². The molecule has 0 spiro atoms. The number of fused-ring (bicyclic) bond motifs is 1. The Bertz CT molecular complexity index is 728. The van der Waals surface area contributed by atoms with Crippen LogP contribution in [0, 0.1) is 6.92 Å². The molecule has 23 heavy (non-hydrogen) atoms. The van der Waals surface area contributed by atoms with E-state index >= 15 is 0 Å². The molecule has 0 fully saturated rings. The van der Waals surface area contributed by atoms with E-state index in [4.69, 9.17) is 4.74 Å². The highest BCUT2D eigenvalue weighted by molar-refractivity contribution is 5.91. The van der Waals surface area contributed by atoms with Crippen molar-refractivity contribution in [1.29, 1.82) is 0 Å². The van der Waals surface area contributed by atoms with E-state index in [-0.39, 0.29) is 5.91 Å². The summed E-state index contributed by atoms with van der Waals surface area (Å²) in [5.41, 5.74) is 0.827. The first-order chi connectivity index (χ1) is 11.1. The van der Waals surface area contributed by atoms with Crippen LogP contribution < -0.4 is 10.1 Å². The van der Waals surface area contributed by atoms with Gasteiger partial charge in [-0.1, -0.05) is 0 Å². The maximum absolute atomic E-state index is 12.0. The summed E-state index contributed by atoms with van der Waals surface area (Å²) >= 11 is 0. The van der Waals surface area contributed by atoms with E-state index in [0.717, 1.165) is 18.1 Å². The smallest absolute Gasteiger partial charge is 0.318 e. The number of ether oxygens (including phenoxy) is 1. The second-order valence-corrected chi connectivity index (χ2v) is 5.38. The van der Waals surface area contributed by atoms with Crippen molar-refractivity contribution in [2.75, 3.05) is 32.6 Å². The highest BCUT2D eigenvalue weighted by Gasteiger charge is 2.26. The van der Waals surface area contributed by atoms with Crippen molar-refractivity contribution in [3.05, 3.63) is 23.4 Å². The number of hydrogen-bond donors (Lipinski definition) is 1. The highest BCUT2D eigenvalue weighted by Crippen LogP contribution is 2.13. The van der Waals surface area contributed by atoms with Crippen LogP contribution in [0.4, 0.5) is 5.82 Å². The molecule has 1 amide bonds. The van der Waals surface area contributed by atoms with Crippen LogP contribution in [0.1, 0.15) is 22.1 Å². The van der Waals surface area contributed by atoms with Crippen molar-refractivity contribution in [1.82, 2.24) is 29.6 Å². The van der Waals surface area contributed by atoms with E-state index in [1.165, 1.54) is 7.11 Å². The van der Waals surface area contributed by atoms with Crippen LogP contribution in [-0.4, -0.2) is 62.8 Å². The van der Waals surface area contributed by atoms with Crippen LogP contribution >= 0.6 is 0 Å². The number of rotatable bonds is 5. The second-order valence-electron chi connectivity index (χ2n) is 5.38. The highest BCUT2D eigenvalue weighted by atomic mass is 16.5. The molecule has 1 aliphatic heterocycles. The minimum absolute atomic E-state index is 0.0841. The summed E-state index contributed by atoms with van der Waals surface area (Å²) < 4.78 is 6.94. The quantitative estimate of drug-likeness (QED) is 0.836. The molecule has 2 aromatic heterocycles. The molecule has 122 valence electrons. The van der Waals surface area contributed by atoms with Gasteiger partial charge in [0.05, 0.1) is 7.11 Å². The SMILES string of the molecule is COc1nc(C)cc(NCCc2nnc3n2CCN(C)C3=O)n1. The first-order valence-corrected chi connectivity index (χ1v) is 7.39. The predicted molar refractivity (Wildman–Crippen MR) is 82.5 cm³/mol. The lowest BCUT2D eigenvalue weighted by molar-refractivity contribution is 0.0740. The van der Waals surface area contributed by atoms with Crippen LogP contribution in [0.2, 0.25) is 0 Å². The molecule has 0 aromatic carbocycles. The zero-order valence-electron chi connectivity index (χ0n) is 13.4. The monoisotopic (exact) mass is 317 g/mol. The summed E-state index contributed by atoms with van der Waals surface area (Å²) in [6.45, 7) is 3.90. The Morgan fingerprint density at radius 2 is 2.13 bits per heavy atom. The zero-order valence-corrected chi connectivity index (χ0v) is 13.4. The topological polar surface area (TPSA) is 98.1 Å². The maximum atomic E-state index is 12.0. The number of aromatic nitrogens is 5. The summed E-state index contributed by atoms with van der Waals surface area (Å²) in [7, 11) is 3.31. The Balaban J connectivity index is 1.65. The van der Waals surface area contributed by atoms with E-state index in [9.17, 15) is 4.79 Å². The average Bonchev–Trinajstić information content (AvgIpc) is 2.94. The van der Waals surface area contributed by atoms with Gasteiger partial charge >= 0.3 is 6.01 Å². The maximum Gasteiger partial charge on any atom is 0.318 e. The van der Waals surface area contributed by atoms with E-state index in [1.807, 2.05) is 17.6 Å². The van der Waals surface area contributed by atoms with E-state index < -0.39 is 0 Å². The molecular formula is C14H19N7O2. The van der Waals surface area contributed by atoms with Gasteiger partial charge in [-0.25, -0.2) is 4.98 Å². The van der Waals surface area contributed by atoms with E-state index in [2.05, 4.69) is 25.5 Å². The minimum atomic E-state index is -0.0841. The van der Waals surface area contributed by atoms with Crippen molar-refractivity contribution in [2.24, 2.45) is 0 Å². The lowest BCUT2D eigenvalue weighted by Gasteiger charge is -2.23. The van der Waals surface area contributed by atoms with Gasteiger partial charge in [0.2, 0.25) is 5.82 Å². The van der Waals surface area contributed by atoms with E-state index in [0.29, 0.717) is 37.2 Å². The predicted octanol–water partition coefficient (Wildman–Crippen LogP) is 0.125. The fourth-order valence-electron chi connectivity index (χ4n) is 2.46. The fourth-order valence-corrected chi connectivity index (χ4v) is 2.46. The van der Waals surface area contributed by atoms with Crippen molar-refractivity contribution in [2.45, 2.75) is 19.9 Å². The van der Waals surface area contributed by atoms with Gasteiger partial charge in [-0.3, -0.25) is 4.79 Å². The van der Waals surface area contributed by atoms with Gasteiger partial charge in [0.25, 0.3) is 5.91 Å². The third kappa shape index (κ3) is 3.08. The molecule has 0 atom stereocenters. The average molecular weight is 317 g/mol. The molecule has 3 heterocycles. The van der Waals surface area contributed by atoms with Crippen LogP contribution in [0.25, 0.3) is 0 Å². The van der Waals surface area contributed by atoms with Crippen LogP contribution in [-0.2, 0) is 13.0 Å². The number of nitrogens with one attached hydrogen (secondary N) is 1. The van der Waals surface area contributed by atoms with Crippen molar-refractivity contribution < 1.29 is 9.53 Å². The molecule has 0 bridgehead atoms. The van der Waals surface area contributed by atoms with Crippen molar-refractivity contribution in [3.63, 3.8) is 0 Å². The molecule has 0 saturated carbocycles. The summed E-state index contributed by atoms with van der Waals surface area (Å²) in [5.74, 6) is 1.82. The Morgan fingerprint density at radius 1 is 1.30 bits per heavy atom. The van der Waals surface area contributed by atoms with Gasteiger partial charge in [0.15, 0.2) is 0 Å². The third-order valence-corrected chi connectivity index (χ3v) is 3.70. The summed E-state index contributed by atoms with van der Waals surface area (Å²) in [6, 6.07) is 2.18. The molecule has 9 nitrogen and oxygen atoms in total. The van der Waals surface area contributed by atoms with Gasteiger partial charge in [0.1, 0.15) is 11.6 Å². The van der Waals surface area contributed by atoms with Crippen molar-refractivity contribution >= 4 is 11.7 Å². The van der Waals surface area contributed by atoms with Gasteiger partial charge in [-0.15, -0.1) is 10.2 Å². The molecule has 1 N–H and O–H groups in total. The Labute approximate surface area is 133 Å². The fraction of sp³-hybridized carbons (Fsp3) is 0.500. The molecule has 0 saturated heterocycles. The number of nitrogens with zero attached hydrogens (tertiary/aromatic N) is 6. The van der Waals surface area contributed by atoms with Crippen LogP contribution in [0.3, 0.4) is 0 Å². The lowest BCUT2D eigenvalue weighted by atomic mass is 10.3. The Morgan fingerprint density at radius 3 is 2.91 bits per heavy atom. The van der Waals surface area contributed by atoms with Crippen LogP contribution in [0.5, 0.6) is 6.01 Å². The van der Waals surface area contributed by atoms with Crippen LogP contribution in [0.15, 0.2) is 6.07 Å². The Kier molecular flexibility index (Phi) is 4.09. The number of anilines is 1. The first-order valence-electron chi connectivity index (χ1n) is 7.39. The van der Waals surface area contributed by atoms with Gasteiger partial charge in [0, 0.05) is 44.9 Å². The number of carbonyl (C=O) groups excluding carboxylic acids is 1. The zero-order chi connectivity index (χ0) is 16.4. The molecule has 1 aliphatic rings. The first kappa shape index (κ1) is 15.2. The minimum Gasteiger partial charge on any atom is -0.467 e. The molecule has 0 radical (unpaired) electrons. The number of methoxy groups -OCH3 is 1. The largest absolute Gasteiger partial charge is 0.467 e. The molecule has 3 rings (SSSR count). The molecule has 0 aliphatic carbocycles. The number of aryl methyl sites for hydroxylation is 1. The third-order valence-electron chi connectivity index (χ3n) is 3.70. The number of hydrogen-bond acceptors (Lipinski definition) is 7. The molecular weight excluding hydrogens is 298 g/mol. The number of likely N-dealkylation sites (N-methyl/N-ethyl adjacent to an activating group) is 1. The van der Waals surface area contributed by atoms with Gasteiger partial charge in [-0.05, 0) is 6.92 Å². The summed E-state index contributed by atoms with van der Waals surface area (Å²) in [5, 5.41) is 11.4. The summed E-state index contributed by atoms with van der Waals surface area (Å²) in [6.07, 6.45) is 0.648. The number of carbonyl (C=O) groups is 1. The van der Waals surface area contributed by atoms with Gasteiger partial charge < -0.3 is 19.5 Å². The van der Waals surface area contributed by atoms with Crippen molar-refractivity contribution in [3.8, 4) is 6.01 Å². The number of amides is 1. The standard InChI is InChI=1S/C14H19N7O2/c1-9-8-10(17-14(16-9)23-3)15-5-4-11-18-19-12-13(22)20(2)6-7-21(11)12/h8H,4-7H2,1-3H3,(H,15,16,17). The molecule has 9 heteroatoms. The van der Waals surface area contributed by atoms with Gasteiger partial charge in [-0.2, -0.15) is 4.98 Å². The molecule has 2 aromatic rings. The lowest BCUT2D eigenvalue weighted by Crippen LogP contribution is -2.38. The molecule has 0 unspecified atom stereocenters. The normalized spacial score (nSPS) is 13.9. The Hall–Kier alpha value is -2.71.